The number of hydrogen-bond acceptors (Lipinski definition) is 4. The van der Waals surface area contributed by atoms with E-state index in [1.165, 1.54) is 5.56 Å². The summed E-state index contributed by atoms with van der Waals surface area (Å²) >= 11 is 0. The smallest absolute Gasteiger partial charge is 0.211 e. The minimum absolute atomic E-state index is 0.335. The Labute approximate surface area is 87.5 Å². The van der Waals surface area contributed by atoms with Gasteiger partial charge in [0.15, 0.2) is 6.61 Å². The summed E-state index contributed by atoms with van der Waals surface area (Å²) < 4.78 is 5.46. The number of aromatic amines is 1. The Kier molecular flexibility index (Phi) is 2.92. The Morgan fingerprint density at radius 2 is 2.07 bits per heavy atom. The van der Waals surface area contributed by atoms with E-state index in [-0.39, 0.29) is 0 Å². The molecule has 0 bridgehead atoms. The average molecular weight is 204 g/mol. The van der Waals surface area contributed by atoms with Gasteiger partial charge in [-0.15, -0.1) is 10.2 Å². The fraction of sp³-hybridized carbons (Fsp3) is 0.300. The van der Waals surface area contributed by atoms with Gasteiger partial charge in [0.25, 0.3) is 0 Å². The molecule has 5 nitrogen and oxygen atoms in total. The Bertz CT molecular complexity index is 396. The highest BCUT2D eigenvalue weighted by Crippen LogP contribution is 2.13. The Morgan fingerprint density at radius 1 is 1.27 bits per heavy atom. The van der Waals surface area contributed by atoms with Gasteiger partial charge in [-0.2, -0.15) is 5.21 Å². The van der Waals surface area contributed by atoms with Crippen molar-refractivity contribution in [3.05, 3.63) is 35.7 Å². The van der Waals surface area contributed by atoms with Gasteiger partial charge in [-0.05, 0) is 24.1 Å². The second-order valence-electron chi connectivity index (χ2n) is 3.11. The Hall–Kier alpha value is -1.91. The van der Waals surface area contributed by atoms with Gasteiger partial charge < -0.3 is 4.74 Å². The Morgan fingerprint density at radius 3 is 2.67 bits per heavy atom. The molecule has 15 heavy (non-hydrogen) atoms. The van der Waals surface area contributed by atoms with Crippen LogP contribution in [0.5, 0.6) is 5.75 Å². The number of nitrogens with zero attached hydrogens (tertiary/aromatic N) is 3. The van der Waals surface area contributed by atoms with Crippen LogP contribution in [0.15, 0.2) is 24.3 Å². The van der Waals surface area contributed by atoms with Crippen molar-refractivity contribution in [1.82, 2.24) is 20.6 Å². The maximum Gasteiger partial charge on any atom is 0.211 e. The van der Waals surface area contributed by atoms with E-state index in [1.807, 2.05) is 24.3 Å². The van der Waals surface area contributed by atoms with Crippen molar-refractivity contribution in [2.75, 3.05) is 0 Å². The zero-order valence-electron chi connectivity index (χ0n) is 8.47. The second-order valence-corrected chi connectivity index (χ2v) is 3.11. The fourth-order valence-corrected chi connectivity index (χ4v) is 1.21. The van der Waals surface area contributed by atoms with Crippen LogP contribution in [-0.2, 0) is 13.0 Å². The normalized spacial score (nSPS) is 10.2. The van der Waals surface area contributed by atoms with Crippen molar-refractivity contribution in [3.8, 4) is 5.75 Å². The van der Waals surface area contributed by atoms with Gasteiger partial charge in [0, 0.05) is 0 Å². The summed E-state index contributed by atoms with van der Waals surface area (Å²) in [4.78, 5) is 0. The molecule has 2 aromatic rings. The molecule has 0 unspecified atom stereocenters. The molecular formula is C10H12N4O. The summed E-state index contributed by atoms with van der Waals surface area (Å²) in [6.07, 6.45) is 1.03. The summed E-state index contributed by atoms with van der Waals surface area (Å²) in [6.45, 7) is 2.46. The average Bonchev–Trinajstić information content (AvgIpc) is 2.80. The molecule has 0 spiro atoms. The van der Waals surface area contributed by atoms with Crippen LogP contribution in [0.25, 0.3) is 0 Å². The van der Waals surface area contributed by atoms with Gasteiger partial charge in [0.2, 0.25) is 5.82 Å². The van der Waals surface area contributed by atoms with Crippen molar-refractivity contribution in [1.29, 1.82) is 0 Å². The van der Waals surface area contributed by atoms with E-state index in [4.69, 9.17) is 4.74 Å². The number of H-pyrrole nitrogens is 1. The van der Waals surface area contributed by atoms with E-state index in [2.05, 4.69) is 27.5 Å². The van der Waals surface area contributed by atoms with Crippen molar-refractivity contribution in [3.63, 3.8) is 0 Å². The predicted octanol–water partition coefficient (Wildman–Crippen LogP) is 1.34. The van der Waals surface area contributed by atoms with Gasteiger partial charge in [-0.25, -0.2) is 0 Å². The molecule has 0 radical (unpaired) electrons. The maximum atomic E-state index is 5.46. The SMILES string of the molecule is CCc1ccc(OCc2nn[nH]n2)cc1. The highest BCUT2D eigenvalue weighted by atomic mass is 16.5. The fourth-order valence-electron chi connectivity index (χ4n) is 1.21. The first-order valence-corrected chi connectivity index (χ1v) is 4.82. The van der Waals surface area contributed by atoms with Crippen LogP contribution < -0.4 is 4.74 Å². The quantitative estimate of drug-likeness (QED) is 0.816. The van der Waals surface area contributed by atoms with Gasteiger partial charge in [0.05, 0.1) is 0 Å². The van der Waals surface area contributed by atoms with Gasteiger partial charge in [0.1, 0.15) is 5.75 Å². The molecule has 0 aliphatic heterocycles. The first kappa shape index (κ1) is 9.64. The van der Waals surface area contributed by atoms with Crippen molar-refractivity contribution < 1.29 is 4.74 Å². The molecule has 0 aliphatic carbocycles. The zero-order valence-corrected chi connectivity index (χ0v) is 8.47. The summed E-state index contributed by atoms with van der Waals surface area (Å²) in [5.41, 5.74) is 1.29. The molecule has 0 atom stereocenters. The summed E-state index contributed by atoms with van der Waals surface area (Å²) in [5.74, 6) is 1.37. The molecule has 0 amide bonds. The largest absolute Gasteiger partial charge is 0.485 e. The molecule has 78 valence electrons. The lowest BCUT2D eigenvalue weighted by Crippen LogP contribution is -1.97. The van der Waals surface area contributed by atoms with E-state index in [0.717, 1.165) is 12.2 Å². The van der Waals surface area contributed by atoms with Crippen LogP contribution in [0.1, 0.15) is 18.3 Å². The lowest BCUT2D eigenvalue weighted by atomic mass is 10.2. The summed E-state index contributed by atoms with van der Waals surface area (Å²) in [5, 5.41) is 13.4. The molecule has 0 aliphatic rings. The molecular weight excluding hydrogens is 192 g/mol. The molecule has 1 heterocycles. The van der Waals surface area contributed by atoms with Crippen molar-refractivity contribution >= 4 is 0 Å². The predicted molar refractivity (Wildman–Crippen MR) is 54.3 cm³/mol. The number of aromatic nitrogens is 4. The minimum Gasteiger partial charge on any atom is -0.485 e. The van der Waals surface area contributed by atoms with Gasteiger partial charge >= 0.3 is 0 Å². The van der Waals surface area contributed by atoms with Crippen LogP contribution in [0.3, 0.4) is 0 Å². The third-order valence-electron chi connectivity index (χ3n) is 2.09. The van der Waals surface area contributed by atoms with E-state index in [1.54, 1.807) is 0 Å². The van der Waals surface area contributed by atoms with E-state index < -0.39 is 0 Å². The first-order valence-electron chi connectivity index (χ1n) is 4.82. The van der Waals surface area contributed by atoms with Crippen LogP contribution in [0.2, 0.25) is 0 Å². The molecule has 0 saturated carbocycles. The molecule has 0 saturated heterocycles. The number of nitrogens with one attached hydrogen (secondary N) is 1. The third-order valence-corrected chi connectivity index (χ3v) is 2.09. The topological polar surface area (TPSA) is 63.7 Å². The molecule has 1 aromatic heterocycles. The maximum absolute atomic E-state index is 5.46. The van der Waals surface area contributed by atoms with Gasteiger partial charge in [-0.1, -0.05) is 24.3 Å². The van der Waals surface area contributed by atoms with Crippen LogP contribution in [0.4, 0.5) is 0 Å². The third kappa shape index (κ3) is 2.52. The summed E-state index contributed by atoms with van der Waals surface area (Å²) in [7, 11) is 0. The molecule has 0 fully saturated rings. The van der Waals surface area contributed by atoms with E-state index >= 15 is 0 Å². The van der Waals surface area contributed by atoms with E-state index in [9.17, 15) is 0 Å². The van der Waals surface area contributed by atoms with Crippen LogP contribution >= 0.6 is 0 Å². The highest BCUT2D eigenvalue weighted by molar-refractivity contribution is 5.27. The lowest BCUT2D eigenvalue weighted by molar-refractivity contribution is 0.296. The minimum atomic E-state index is 0.335. The first-order chi connectivity index (χ1) is 7.38. The standard InChI is InChI=1S/C10H12N4O/c1-2-8-3-5-9(6-4-8)15-7-10-11-13-14-12-10/h3-6H,2,7H2,1H3,(H,11,12,13,14). The molecule has 2 rings (SSSR count). The van der Waals surface area contributed by atoms with Gasteiger partial charge in [-0.3, -0.25) is 0 Å². The molecule has 1 N–H and O–H groups in total. The number of rotatable bonds is 4. The Balaban J connectivity index is 1.93. The number of hydrogen-bond donors (Lipinski definition) is 1. The molecule has 5 heteroatoms. The van der Waals surface area contributed by atoms with Crippen LogP contribution in [0, 0.1) is 0 Å². The monoisotopic (exact) mass is 204 g/mol. The van der Waals surface area contributed by atoms with Crippen LogP contribution in [-0.4, -0.2) is 20.6 Å². The lowest BCUT2D eigenvalue weighted by Gasteiger charge is -2.03. The number of benzene rings is 1. The zero-order chi connectivity index (χ0) is 10.5. The summed E-state index contributed by atoms with van der Waals surface area (Å²) in [6, 6.07) is 7.98. The second kappa shape index (κ2) is 4.54. The number of aryl methyl sites for hydroxylation is 1. The highest BCUT2D eigenvalue weighted by Gasteiger charge is 1.99. The van der Waals surface area contributed by atoms with Crippen molar-refractivity contribution in [2.24, 2.45) is 0 Å². The number of tetrazole rings is 1. The molecule has 1 aromatic carbocycles. The van der Waals surface area contributed by atoms with E-state index in [0.29, 0.717) is 12.4 Å². The van der Waals surface area contributed by atoms with Crippen molar-refractivity contribution in [2.45, 2.75) is 20.0 Å². The number of ether oxygens (including phenoxy) is 1.